The van der Waals surface area contributed by atoms with Crippen LogP contribution in [0.4, 0.5) is 5.69 Å². The maximum absolute atomic E-state index is 11.9. The van der Waals surface area contributed by atoms with Gasteiger partial charge in [0, 0.05) is 11.9 Å². The van der Waals surface area contributed by atoms with Gasteiger partial charge < -0.3 is 5.11 Å². The summed E-state index contributed by atoms with van der Waals surface area (Å²) in [6, 6.07) is 5.81. The highest BCUT2D eigenvalue weighted by Crippen LogP contribution is 2.25. The van der Waals surface area contributed by atoms with E-state index in [1.165, 1.54) is 12.3 Å². The number of ketones is 1. The lowest BCUT2D eigenvalue weighted by Gasteiger charge is -2.15. The van der Waals surface area contributed by atoms with Crippen LogP contribution in [0.15, 0.2) is 40.9 Å². The third kappa shape index (κ3) is 3.52. The minimum Gasteiger partial charge on any atom is -0.392 e. The molecule has 1 aliphatic heterocycles. The van der Waals surface area contributed by atoms with Crippen LogP contribution in [0.5, 0.6) is 0 Å². The summed E-state index contributed by atoms with van der Waals surface area (Å²) in [5.74, 6) is -0.243. The number of aliphatic hydroxyl groups is 1. The molecule has 1 aromatic rings. The van der Waals surface area contributed by atoms with E-state index in [9.17, 15) is 13.2 Å². The van der Waals surface area contributed by atoms with E-state index in [2.05, 4.69) is 9.71 Å². The van der Waals surface area contributed by atoms with Gasteiger partial charge in [-0.15, -0.1) is 0 Å². The van der Waals surface area contributed by atoms with Crippen molar-refractivity contribution in [1.29, 1.82) is 0 Å². The molecule has 0 fully saturated rings. The normalized spacial score (nSPS) is 18.8. The van der Waals surface area contributed by atoms with E-state index >= 15 is 0 Å². The monoisotopic (exact) mass is 294 g/mol. The smallest absolute Gasteiger partial charge is 0.229 e. The molecule has 1 aromatic carbocycles. The molecule has 1 atom stereocenters. The maximum Gasteiger partial charge on any atom is 0.229 e. The summed E-state index contributed by atoms with van der Waals surface area (Å²) in [6.45, 7) is -0.238. The number of aliphatic hydroxyl groups excluding tert-OH is 1. The molecule has 0 aliphatic carbocycles. The molecule has 0 amide bonds. The quantitative estimate of drug-likeness (QED) is 0.853. The van der Waals surface area contributed by atoms with E-state index in [1.807, 2.05) is 0 Å². The van der Waals surface area contributed by atoms with Gasteiger partial charge in [0.15, 0.2) is 5.78 Å². The molecule has 2 rings (SSSR count). The Balaban J connectivity index is 2.27. The fraction of sp³-hybridized carbons (Fsp3) is 0.231. The van der Waals surface area contributed by atoms with Crippen LogP contribution in [0.25, 0.3) is 0 Å². The Labute approximate surface area is 116 Å². The molecule has 20 heavy (non-hydrogen) atoms. The number of anilines is 1. The fourth-order valence-electron chi connectivity index (χ4n) is 1.87. The molecule has 2 N–H and O–H groups in total. The molecule has 1 heterocycles. The van der Waals surface area contributed by atoms with Crippen LogP contribution in [-0.2, 0) is 14.8 Å². The molecule has 1 unspecified atom stereocenters. The fourth-order valence-corrected chi connectivity index (χ4v) is 2.42. The Bertz CT molecular complexity index is 692. The summed E-state index contributed by atoms with van der Waals surface area (Å²) >= 11 is 0. The van der Waals surface area contributed by atoms with Crippen LogP contribution in [-0.4, -0.2) is 38.4 Å². The first-order valence-electron chi connectivity index (χ1n) is 5.85. The summed E-state index contributed by atoms with van der Waals surface area (Å²) in [7, 11) is -3.37. The van der Waals surface area contributed by atoms with Gasteiger partial charge in [-0.2, -0.15) is 0 Å². The Morgan fingerprint density at radius 1 is 1.40 bits per heavy atom. The second-order valence-corrected chi connectivity index (χ2v) is 6.21. The predicted octanol–water partition coefficient (Wildman–Crippen LogP) is 0.671. The van der Waals surface area contributed by atoms with Crippen LogP contribution in [0.1, 0.15) is 11.6 Å². The average molecular weight is 294 g/mol. The Morgan fingerprint density at radius 2 is 2.15 bits per heavy atom. The number of carbonyl (C=O) groups excluding carboxylic acids is 1. The minimum absolute atomic E-state index is 0.238. The third-order valence-electron chi connectivity index (χ3n) is 2.67. The van der Waals surface area contributed by atoms with Gasteiger partial charge in [0.05, 0.1) is 12.9 Å². The van der Waals surface area contributed by atoms with Crippen molar-refractivity contribution < 1.29 is 18.3 Å². The number of nitrogens with zero attached hydrogens (tertiary/aromatic N) is 1. The van der Waals surface area contributed by atoms with Gasteiger partial charge in [-0.05, 0) is 29.3 Å². The van der Waals surface area contributed by atoms with Crippen LogP contribution in [0, 0.1) is 0 Å². The standard InChI is InChI=1S/C13H14N2O4S/c1-20(18,19)15-11-4-2-3-10(6-11)13-12(17)5-9(8-16)7-14-13/h2-7,13,15-16H,8H2,1H3. The predicted molar refractivity (Wildman–Crippen MR) is 76.3 cm³/mol. The van der Waals surface area contributed by atoms with Crippen molar-refractivity contribution in [2.75, 3.05) is 17.6 Å². The van der Waals surface area contributed by atoms with Crippen LogP contribution in [0.3, 0.4) is 0 Å². The van der Waals surface area contributed by atoms with Gasteiger partial charge in [0.1, 0.15) is 6.04 Å². The molecule has 7 heteroatoms. The van der Waals surface area contributed by atoms with E-state index < -0.39 is 16.1 Å². The van der Waals surface area contributed by atoms with E-state index in [-0.39, 0.29) is 12.4 Å². The van der Waals surface area contributed by atoms with Gasteiger partial charge in [0.2, 0.25) is 10.0 Å². The number of hydrogen-bond donors (Lipinski definition) is 2. The zero-order valence-corrected chi connectivity index (χ0v) is 11.6. The Morgan fingerprint density at radius 3 is 2.75 bits per heavy atom. The van der Waals surface area contributed by atoms with Crippen LogP contribution < -0.4 is 4.72 Å². The molecule has 0 radical (unpaired) electrons. The first-order chi connectivity index (χ1) is 9.39. The van der Waals surface area contributed by atoms with E-state index in [4.69, 9.17) is 5.11 Å². The first kappa shape index (κ1) is 14.4. The number of sulfonamides is 1. The lowest BCUT2D eigenvalue weighted by molar-refractivity contribution is -0.115. The number of aliphatic imine (C=N–C) groups is 1. The molecule has 0 spiro atoms. The number of benzene rings is 1. The lowest BCUT2D eigenvalue weighted by Crippen LogP contribution is -2.15. The summed E-state index contributed by atoms with van der Waals surface area (Å²) in [4.78, 5) is 16.0. The molecular weight excluding hydrogens is 280 g/mol. The van der Waals surface area contributed by atoms with Crippen molar-refractivity contribution in [2.45, 2.75) is 6.04 Å². The topological polar surface area (TPSA) is 95.8 Å². The lowest BCUT2D eigenvalue weighted by atomic mass is 9.99. The van der Waals surface area contributed by atoms with Gasteiger partial charge in [-0.1, -0.05) is 12.1 Å². The Kier molecular flexibility index (Phi) is 4.01. The Hall–Kier alpha value is -1.99. The molecule has 106 valence electrons. The van der Waals surface area contributed by atoms with Crippen LogP contribution >= 0.6 is 0 Å². The minimum atomic E-state index is -3.37. The van der Waals surface area contributed by atoms with Gasteiger partial charge in [-0.25, -0.2) is 8.42 Å². The van der Waals surface area contributed by atoms with Crippen LogP contribution in [0.2, 0.25) is 0 Å². The summed E-state index contributed by atoms with van der Waals surface area (Å²) in [5.41, 5.74) is 1.43. The highest BCUT2D eigenvalue weighted by molar-refractivity contribution is 7.92. The molecular formula is C13H14N2O4S. The summed E-state index contributed by atoms with van der Waals surface area (Å²) in [6.07, 6.45) is 3.84. The van der Waals surface area contributed by atoms with Gasteiger partial charge in [0.25, 0.3) is 0 Å². The zero-order chi connectivity index (χ0) is 14.8. The molecule has 1 aliphatic rings. The van der Waals surface area contributed by atoms with Crippen molar-refractivity contribution in [2.24, 2.45) is 4.99 Å². The molecule has 0 bridgehead atoms. The number of nitrogens with one attached hydrogen (secondary N) is 1. The number of rotatable bonds is 4. The number of dihydropyridines is 1. The van der Waals surface area contributed by atoms with Gasteiger partial charge in [-0.3, -0.25) is 14.5 Å². The largest absolute Gasteiger partial charge is 0.392 e. The number of hydrogen-bond acceptors (Lipinski definition) is 5. The van der Waals surface area contributed by atoms with Crippen molar-refractivity contribution >= 4 is 27.7 Å². The van der Waals surface area contributed by atoms with Crippen molar-refractivity contribution in [3.05, 3.63) is 41.5 Å². The molecule has 0 saturated carbocycles. The first-order valence-corrected chi connectivity index (χ1v) is 7.74. The van der Waals surface area contributed by atoms with E-state index in [0.29, 0.717) is 16.8 Å². The van der Waals surface area contributed by atoms with E-state index in [1.54, 1.807) is 24.3 Å². The summed E-state index contributed by atoms with van der Waals surface area (Å²) in [5, 5.41) is 8.95. The molecule has 0 aromatic heterocycles. The highest BCUT2D eigenvalue weighted by atomic mass is 32.2. The highest BCUT2D eigenvalue weighted by Gasteiger charge is 2.21. The van der Waals surface area contributed by atoms with Gasteiger partial charge >= 0.3 is 0 Å². The average Bonchev–Trinajstić information content (AvgIpc) is 2.36. The third-order valence-corrected chi connectivity index (χ3v) is 3.28. The van der Waals surface area contributed by atoms with E-state index in [0.717, 1.165) is 6.26 Å². The maximum atomic E-state index is 11.9. The number of carbonyl (C=O) groups is 1. The molecule has 0 saturated heterocycles. The second kappa shape index (κ2) is 5.56. The zero-order valence-electron chi connectivity index (χ0n) is 10.8. The summed E-state index contributed by atoms with van der Waals surface area (Å²) < 4.78 is 24.7. The SMILES string of the molecule is CS(=O)(=O)Nc1cccc(C2N=CC(CO)=CC2=O)c1. The van der Waals surface area contributed by atoms with Crippen molar-refractivity contribution in [1.82, 2.24) is 0 Å². The van der Waals surface area contributed by atoms with Crippen molar-refractivity contribution in [3.63, 3.8) is 0 Å². The molecule has 6 nitrogen and oxygen atoms in total. The van der Waals surface area contributed by atoms with Crippen molar-refractivity contribution in [3.8, 4) is 0 Å². The second-order valence-electron chi connectivity index (χ2n) is 4.46.